The highest BCUT2D eigenvalue weighted by Crippen LogP contribution is 2.41. The van der Waals surface area contributed by atoms with Gasteiger partial charge in [0.15, 0.2) is 0 Å². The molecule has 5 aromatic carbocycles. The van der Waals surface area contributed by atoms with Gasteiger partial charge in [0.05, 0.1) is 11.4 Å². The van der Waals surface area contributed by atoms with Crippen molar-refractivity contribution in [2.45, 2.75) is 50.7 Å². The lowest BCUT2D eigenvalue weighted by Crippen LogP contribution is -2.69. The average Bonchev–Trinajstić information content (AvgIpc) is 3.07. The van der Waals surface area contributed by atoms with Crippen LogP contribution >= 0.6 is 0 Å². The lowest BCUT2D eigenvalue weighted by Gasteiger charge is -2.44. The van der Waals surface area contributed by atoms with Crippen molar-refractivity contribution in [1.82, 2.24) is 0 Å². The molecule has 1 N–H and O–H groups in total. The average molecular weight is 628 g/mol. The first-order chi connectivity index (χ1) is 22.2. The van der Waals surface area contributed by atoms with E-state index in [9.17, 15) is 9.90 Å². The van der Waals surface area contributed by atoms with Gasteiger partial charge in [-0.3, -0.25) is 0 Å². The van der Waals surface area contributed by atoms with Crippen LogP contribution in [0.25, 0.3) is 0 Å². The summed E-state index contributed by atoms with van der Waals surface area (Å²) in [4.78, 5) is 15.1. The van der Waals surface area contributed by atoms with E-state index in [2.05, 4.69) is 81.4 Å². The molecule has 46 heavy (non-hydrogen) atoms. The Morgan fingerprint density at radius 3 is 1.74 bits per heavy atom. The molecule has 0 spiro atoms. The molecule has 0 radical (unpaired) electrons. The molecule has 0 unspecified atom stereocenters. The van der Waals surface area contributed by atoms with Crippen LogP contribution in [0.15, 0.2) is 140 Å². The normalized spacial score (nSPS) is 16.3. The molecule has 0 saturated carbocycles. The van der Waals surface area contributed by atoms with E-state index in [1.54, 1.807) is 0 Å². The highest BCUT2D eigenvalue weighted by Gasteiger charge is 2.52. The van der Waals surface area contributed by atoms with Crippen molar-refractivity contribution in [2.24, 2.45) is 0 Å². The highest BCUT2D eigenvalue weighted by atomic mass is 28.4. The third-order valence-electron chi connectivity index (χ3n) is 8.95. The maximum absolute atomic E-state index is 13.5. The Hall–Kier alpha value is -4.65. The van der Waals surface area contributed by atoms with Gasteiger partial charge >= 0.3 is 14.4 Å². The molecule has 1 aliphatic carbocycles. The van der Waals surface area contributed by atoms with Gasteiger partial charge in [-0.05, 0) is 69.7 Å². The fourth-order valence-electron chi connectivity index (χ4n) is 6.67. The fourth-order valence-corrected chi connectivity index (χ4v) is 11.1. The summed E-state index contributed by atoms with van der Waals surface area (Å²) in [7, 11) is -2.83. The van der Waals surface area contributed by atoms with Crippen LogP contribution in [-0.2, 0) is 17.6 Å². The fraction of sp³-hybridized carbons (Fsp3) is 0.225. The van der Waals surface area contributed by atoms with Gasteiger partial charge in [-0.25, -0.2) is 9.69 Å². The van der Waals surface area contributed by atoms with Crippen molar-refractivity contribution in [1.29, 1.82) is 0 Å². The van der Waals surface area contributed by atoms with Crippen LogP contribution in [0, 0.1) is 0 Å². The first-order valence-corrected chi connectivity index (χ1v) is 17.8. The maximum Gasteiger partial charge on any atom is 0.419 e. The number of benzene rings is 5. The Morgan fingerprint density at radius 2 is 1.24 bits per heavy atom. The smallest absolute Gasteiger partial charge is 0.419 e. The van der Waals surface area contributed by atoms with Crippen LogP contribution in [0.2, 0.25) is 5.04 Å². The highest BCUT2D eigenvalue weighted by molar-refractivity contribution is 7.00. The molecule has 0 aliphatic heterocycles. The Balaban J connectivity index is 1.27. The summed E-state index contributed by atoms with van der Waals surface area (Å²) in [5.41, 5.74) is 2.33. The number of hydrogen-bond acceptors (Lipinski definition) is 4. The van der Waals surface area contributed by atoms with Gasteiger partial charge in [-0.15, -0.1) is 0 Å². The van der Waals surface area contributed by atoms with Gasteiger partial charge in [0.2, 0.25) is 0 Å². The van der Waals surface area contributed by atoms with Crippen molar-refractivity contribution >= 4 is 36.2 Å². The van der Waals surface area contributed by atoms with Crippen LogP contribution in [0.5, 0.6) is 5.75 Å². The minimum absolute atomic E-state index is 0.110. The van der Waals surface area contributed by atoms with Crippen molar-refractivity contribution in [2.75, 3.05) is 11.5 Å². The zero-order valence-electron chi connectivity index (χ0n) is 26.7. The molecule has 0 saturated heterocycles. The number of ether oxygens (including phenoxy) is 1. The number of anilines is 2. The largest absolute Gasteiger partial charge is 0.534 e. The van der Waals surface area contributed by atoms with E-state index >= 15 is 0 Å². The van der Waals surface area contributed by atoms with Crippen LogP contribution in [-0.4, -0.2) is 31.7 Å². The summed E-state index contributed by atoms with van der Waals surface area (Å²) < 4.78 is 13.3. The summed E-state index contributed by atoms with van der Waals surface area (Å²) >= 11 is 0. The minimum atomic E-state index is -2.83. The molecule has 0 fully saturated rings. The van der Waals surface area contributed by atoms with Crippen molar-refractivity contribution in [3.05, 3.63) is 151 Å². The Labute approximate surface area is 273 Å². The monoisotopic (exact) mass is 627 g/mol. The van der Waals surface area contributed by atoms with E-state index in [1.807, 2.05) is 78.9 Å². The SMILES string of the molecule is CC(C)(C)[Si](Oc1cccc2c1CC[C@@](O)(COC(=O)N(c1ccccc1)c1ccccc1)C2)(c1ccccc1)c1ccccc1. The number of para-hydroxylation sites is 2. The molecule has 0 aromatic heterocycles. The molecule has 5 nitrogen and oxygen atoms in total. The maximum atomic E-state index is 13.5. The number of carbonyl (C=O) groups excluding carboxylic acids is 1. The molecule has 1 amide bonds. The molecule has 0 heterocycles. The summed E-state index contributed by atoms with van der Waals surface area (Å²) in [6.45, 7) is 6.71. The molecule has 234 valence electrons. The zero-order valence-corrected chi connectivity index (χ0v) is 27.7. The predicted octanol–water partition coefficient (Wildman–Crippen LogP) is 7.82. The van der Waals surface area contributed by atoms with Gasteiger partial charge in [-0.1, -0.05) is 130 Å². The summed E-state index contributed by atoms with van der Waals surface area (Å²) in [5, 5.41) is 14.0. The van der Waals surface area contributed by atoms with Gasteiger partial charge in [0.1, 0.15) is 18.0 Å². The number of nitrogens with zero attached hydrogens (tertiary/aromatic N) is 1. The van der Waals surface area contributed by atoms with Crippen LogP contribution in [0.4, 0.5) is 16.2 Å². The van der Waals surface area contributed by atoms with Gasteiger partial charge in [-0.2, -0.15) is 0 Å². The molecular formula is C40H41NO4Si. The van der Waals surface area contributed by atoms with E-state index in [0.717, 1.165) is 16.9 Å². The summed E-state index contributed by atoms with van der Waals surface area (Å²) in [6, 6.07) is 46.2. The minimum Gasteiger partial charge on any atom is -0.534 e. The zero-order chi connectivity index (χ0) is 32.2. The third-order valence-corrected chi connectivity index (χ3v) is 13.9. The molecular weight excluding hydrogens is 587 g/mol. The number of hydrogen-bond donors (Lipinski definition) is 1. The first-order valence-electron chi connectivity index (χ1n) is 15.9. The molecule has 0 bridgehead atoms. The second-order valence-corrected chi connectivity index (χ2v) is 17.3. The van der Waals surface area contributed by atoms with Gasteiger partial charge < -0.3 is 14.3 Å². The second-order valence-electron chi connectivity index (χ2n) is 13.1. The lowest BCUT2D eigenvalue weighted by molar-refractivity contribution is -0.0296. The lowest BCUT2D eigenvalue weighted by atomic mass is 9.80. The Kier molecular flexibility index (Phi) is 8.85. The van der Waals surface area contributed by atoms with E-state index in [4.69, 9.17) is 9.16 Å². The topological polar surface area (TPSA) is 59.0 Å². The van der Waals surface area contributed by atoms with E-state index in [1.165, 1.54) is 15.3 Å². The van der Waals surface area contributed by atoms with Crippen LogP contribution in [0.1, 0.15) is 38.3 Å². The number of amides is 1. The third kappa shape index (κ3) is 6.23. The van der Waals surface area contributed by atoms with E-state index < -0.39 is 20.0 Å². The molecule has 5 aromatic rings. The van der Waals surface area contributed by atoms with Crippen molar-refractivity contribution < 1.29 is 19.1 Å². The Morgan fingerprint density at radius 1 is 0.739 bits per heavy atom. The van der Waals surface area contributed by atoms with E-state index in [-0.39, 0.29) is 11.6 Å². The van der Waals surface area contributed by atoms with Crippen LogP contribution in [0.3, 0.4) is 0 Å². The molecule has 1 atom stereocenters. The molecule has 6 heteroatoms. The summed E-state index contributed by atoms with van der Waals surface area (Å²) in [6.07, 6.45) is 0.897. The number of aliphatic hydroxyl groups is 1. The Bertz CT molecular complexity index is 1680. The van der Waals surface area contributed by atoms with E-state index in [0.29, 0.717) is 30.6 Å². The van der Waals surface area contributed by atoms with Crippen molar-refractivity contribution in [3.8, 4) is 5.75 Å². The van der Waals surface area contributed by atoms with Crippen molar-refractivity contribution in [3.63, 3.8) is 0 Å². The number of rotatable bonds is 8. The summed E-state index contributed by atoms with van der Waals surface area (Å²) in [5.74, 6) is 0.866. The quantitative estimate of drug-likeness (QED) is 0.178. The van der Waals surface area contributed by atoms with Gasteiger partial charge in [0.25, 0.3) is 0 Å². The number of fused-ring (bicyclic) bond motifs is 1. The van der Waals surface area contributed by atoms with Crippen LogP contribution < -0.4 is 19.7 Å². The predicted molar refractivity (Wildman–Crippen MR) is 188 cm³/mol. The molecule has 6 rings (SSSR count). The van der Waals surface area contributed by atoms with Gasteiger partial charge in [0, 0.05) is 6.42 Å². The number of carbonyl (C=O) groups is 1. The standard InChI is InChI=1S/C40H41NO4Si/c1-39(2,3)46(34-22-12-6-13-23-34,35-24-14-7-15-25-35)45-37-26-16-17-31-29-40(43,28-27-36(31)37)30-44-38(42)41(32-18-8-4-9-19-32)33-20-10-5-11-21-33/h4-26,43H,27-30H2,1-3H3/t40-/m0/s1. The molecule has 1 aliphatic rings. The first kappa shape index (κ1) is 31.3. The second kappa shape index (κ2) is 13.0.